The Bertz CT molecular complexity index is 507. The van der Waals surface area contributed by atoms with Gasteiger partial charge in [-0.25, -0.2) is 4.98 Å². The number of imidazole rings is 1. The van der Waals surface area contributed by atoms with Gasteiger partial charge in [0.1, 0.15) is 11.6 Å². The highest BCUT2D eigenvalue weighted by Gasteiger charge is 2.26. The first-order valence-electron chi connectivity index (χ1n) is 6.73. The van der Waals surface area contributed by atoms with Gasteiger partial charge in [-0.3, -0.25) is 4.90 Å². The Labute approximate surface area is 113 Å². The molecule has 1 aliphatic heterocycles. The third-order valence-corrected chi connectivity index (χ3v) is 3.77. The molecule has 3 rings (SSSR count). The molecule has 1 aromatic heterocycles. The summed E-state index contributed by atoms with van der Waals surface area (Å²) in [5, 5.41) is 0. The number of aromatic amines is 1. The van der Waals surface area contributed by atoms with Crippen LogP contribution in [0.4, 0.5) is 0 Å². The Hall–Kier alpha value is -1.81. The largest absolute Gasteiger partial charge is 0.497 e. The predicted molar refractivity (Wildman–Crippen MR) is 74.0 cm³/mol. The van der Waals surface area contributed by atoms with E-state index in [9.17, 15) is 0 Å². The molecule has 0 amide bonds. The number of likely N-dealkylation sites (tertiary alicyclic amines) is 1. The number of aromatic nitrogens is 2. The molecule has 100 valence electrons. The quantitative estimate of drug-likeness (QED) is 0.915. The highest BCUT2D eigenvalue weighted by Crippen LogP contribution is 2.33. The second-order valence-electron chi connectivity index (χ2n) is 4.94. The highest BCUT2D eigenvalue weighted by atomic mass is 16.5. The molecule has 1 fully saturated rings. The summed E-state index contributed by atoms with van der Waals surface area (Å²) in [6.45, 7) is 2.03. The number of hydrogen-bond donors (Lipinski definition) is 1. The van der Waals surface area contributed by atoms with Crippen LogP contribution in [0.25, 0.3) is 0 Å². The standard InChI is InChI=1S/C15H19N3O/c1-19-13-6-4-12(5-7-13)14-3-2-10-18(14)11-15-16-8-9-17-15/h4-9,14H,2-3,10-11H2,1H3,(H,16,17)/t14-/m0/s1. The zero-order chi connectivity index (χ0) is 13.1. The van der Waals surface area contributed by atoms with Crippen LogP contribution in [0.15, 0.2) is 36.7 Å². The number of hydrogen-bond acceptors (Lipinski definition) is 3. The molecule has 0 radical (unpaired) electrons. The van der Waals surface area contributed by atoms with Crippen LogP contribution in [-0.4, -0.2) is 28.5 Å². The average Bonchev–Trinajstić information content (AvgIpc) is 3.11. The molecule has 0 aliphatic carbocycles. The molecule has 0 saturated carbocycles. The minimum atomic E-state index is 0.496. The maximum atomic E-state index is 5.22. The average molecular weight is 257 g/mol. The number of ether oxygens (including phenoxy) is 1. The Morgan fingerprint density at radius 3 is 2.89 bits per heavy atom. The normalized spacial score (nSPS) is 19.7. The number of benzene rings is 1. The fourth-order valence-corrected chi connectivity index (χ4v) is 2.80. The summed E-state index contributed by atoms with van der Waals surface area (Å²) in [7, 11) is 1.70. The Balaban J connectivity index is 1.74. The van der Waals surface area contributed by atoms with Crippen molar-refractivity contribution in [2.45, 2.75) is 25.4 Å². The van der Waals surface area contributed by atoms with Gasteiger partial charge in [0.25, 0.3) is 0 Å². The molecule has 4 nitrogen and oxygen atoms in total. The van der Waals surface area contributed by atoms with Crippen LogP contribution < -0.4 is 4.74 Å². The van der Waals surface area contributed by atoms with E-state index in [2.05, 4.69) is 27.0 Å². The van der Waals surface area contributed by atoms with Gasteiger partial charge < -0.3 is 9.72 Å². The van der Waals surface area contributed by atoms with Crippen molar-refractivity contribution >= 4 is 0 Å². The third-order valence-electron chi connectivity index (χ3n) is 3.77. The number of H-pyrrole nitrogens is 1. The summed E-state index contributed by atoms with van der Waals surface area (Å²) in [5.41, 5.74) is 1.37. The van der Waals surface area contributed by atoms with Gasteiger partial charge in [-0.15, -0.1) is 0 Å². The van der Waals surface area contributed by atoms with Crippen molar-refractivity contribution in [3.05, 3.63) is 48.0 Å². The van der Waals surface area contributed by atoms with Crippen LogP contribution in [0.5, 0.6) is 5.75 Å². The molecule has 1 aliphatic rings. The number of nitrogens with zero attached hydrogens (tertiary/aromatic N) is 2. The van der Waals surface area contributed by atoms with E-state index in [0.29, 0.717) is 6.04 Å². The zero-order valence-corrected chi connectivity index (χ0v) is 11.2. The van der Waals surface area contributed by atoms with Gasteiger partial charge in [0.2, 0.25) is 0 Å². The maximum absolute atomic E-state index is 5.22. The summed E-state index contributed by atoms with van der Waals surface area (Å²) in [6.07, 6.45) is 6.16. The first kappa shape index (κ1) is 12.2. The van der Waals surface area contributed by atoms with Crippen LogP contribution in [-0.2, 0) is 6.54 Å². The third kappa shape index (κ3) is 2.63. The molecule has 1 saturated heterocycles. The number of rotatable bonds is 4. The van der Waals surface area contributed by atoms with E-state index in [1.807, 2.05) is 24.5 Å². The van der Waals surface area contributed by atoms with Gasteiger partial charge in [-0.05, 0) is 37.1 Å². The Morgan fingerprint density at radius 2 is 2.21 bits per heavy atom. The van der Waals surface area contributed by atoms with Crippen LogP contribution >= 0.6 is 0 Å². The maximum Gasteiger partial charge on any atom is 0.120 e. The smallest absolute Gasteiger partial charge is 0.120 e. The van der Waals surface area contributed by atoms with Crippen LogP contribution in [0.3, 0.4) is 0 Å². The first-order chi connectivity index (χ1) is 9.36. The fourth-order valence-electron chi connectivity index (χ4n) is 2.80. The second kappa shape index (κ2) is 5.45. The SMILES string of the molecule is COc1ccc([C@@H]2CCCN2Cc2ncc[nH]2)cc1. The Morgan fingerprint density at radius 1 is 1.37 bits per heavy atom. The van der Waals surface area contributed by atoms with Gasteiger partial charge in [-0.2, -0.15) is 0 Å². The van der Waals surface area contributed by atoms with Crippen molar-refractivity contribution in [3.8, 4) is 5.75 Å². The molecular formula is C15H19N3O. The van der Waals surface area contributed by atoms with Crippen molar-refractivity contribution in [1.82, 2.24) is 14.9 Å². The molecular weight excluding hydrogens is 238 g/mol. The van der Waals surface area contributed by atoms with E-state index < -0.39 is 0 Å². The second-order valence-corrected chi connectivity index (χ2v) is 4.94. The van der Waals surface area contributed by atoms with E-state index >= 15 is 0 Å². The summed E-state index contributed by atoms with van der Waals surface area (Å²) in [6, 6.07) is 8.92. The van der Waals surface area contributed by atoms with Gasteiger partial charge in [-0.1, -0.05) is 12.1 Å². The number of methoxy groups -OCH3 is 1. The van der Waals surface area contributed by atoms with Crippen molar-refractivity contribution in [1.29, 1.82) is 0 Å². The predicted octanol–water partition coefficient (Wildman–Crippen LogP) is 2.76. The molecule has 0 unspecified atom stereocenters. The summed E-state index contributed by atoms with van der Waals surface area (Å²) in [5.74, 6) is 1.96. The Kier molecular flexibility index (Phi) is 3.51. The zero-order valence-electron chi connectivity index (χ0n) is 11.2. The summed E-state index contributed by atoms with van der Waals surface area (Å²) in [4.78, 5) is 9.99. The molecule has 1 atom stereocenters. The lowest BCUT2D eigenvalue weighted by Crippen LogP contribution is -2.23. The highest BCUT2D eigenvalue weighted by molar-refractivity contribution is 5.29. The van der Waals surface area contributed by atoms with Crippen LogP contribution in [0.1, 0.15) is 30.3 Å². The molecule has 0 spiro atoms. The van der Waals surface area contributed by atoms with E-state index in [0.717, 1.165) is 24.7 Å². The van der Waals surface area contributed by atoms with Gasteiger partial charge in [0, 0.05) is 18.4 Å². The molecule has 1 aromatic carbocycles. The van der Waals surface area contributed by atoms with Crippen LogP contribution in [0.2, 0.25) is 0 Å². The van der Waals surface area contributed by atoms with Gasteiger partial charge in [0.15, 0.2) is 0 Å². The summed E-state index contributed by atoms with van der Waals surface area (Å²) < 4.78 is 5.22. The minimum absolute atomic E-state index is 0.496. The summed E-state index contributed by atoms with van der Waals surface area (Å²) >= 11 is 0. The monoisotopic (exact) mass is 257 g/mol. The molecule has 0 bridgehead atoms. The molecule has 19 heavy (non-hydrogen) atoms. The van der Waals surface area contributed by atoms with E-state index in [4.69, 9.17) is 4.74 Å². The van der Waals surface area contributed by atoms with Crippen molar-refractivity contribution in [2.24, 2.45) is 0 Å². The van der Waals surface area contributed by atoms with E-state index in [1.165, 1.54) is 18.4 Å². The molecule has 2 aromatic rings. The lowest BCUT2D eigenvalue weighted by Gasteiger charge is -2.24. The molecule has 1 N–H and O–H groups in total. The molecule has 2 heterocycles. The van der Waals surface area contributed by atoms with Crippen LogP contribution in [0, 0.1) is 0 Å². The number of nitrogens with one attached hydrogen (secondary N) is 1. The van der Waals surface area contributed by atoms with E-state index in [1.54, 1.807) is 7.11 Å². The topological polar surface area (TPSA) is 41.1 Å². The van der Waals surface area contributed by atoms with Gasteiger partial charge >= 0.3 is 0 Å². The molecule has 4 heteroatoms. The fraction of sp³-hybridized carbons (Fsp3) is 0.400. The van der Waals surface area contributed by atoms with Crippen molar-refractivity contribution in [3.63, 3.8) is 0 Å². The minimum Gasteiger partial charge on any atom is -0.497 e. The lowest BCUT2D eigenvalue weighted by atomic mass is 10.0. The van der Waals surface area contributed by atoms with Gasteiger partial charge in [0.05, 0.1) is 13.7 Å². The van der Waals surface area contributed by atoms with E-state index in [-0.39, 0.29) is 0 Å². The van der Waals surface area contributed by atoms with Crippen molar-refractivity contribution < 1.29 is 4.74 Å². The van der Waals surface area contributed by atoms with Crippen molar-refractivity contribution in [2.75, 3.05) is 13.7 Å². The lowest BCUT2D eigenvalue weighted by molar-refractivity contribution is 0.243. The first-order valence-corrected chi connectivity index (χ1v) is 6.73.